The quantitative estimate of drug-likeness (QED) is 0.863. The zero-order valence-corrected chi connectivity index (χ0v) is 11.1. The molecule has 5 heteroatoms. The average molecular weight is 262 g/mol. The van der Waals surface area contributed by atoms with E-state index >= 15 is 0 Å². The second-order valence-corrected chi connectivity index (χ2v) is 4.76. The molecule has 1 atom stereocenters. The number of imidazole rings is 1. The molecule has 2 rings (SSSR count). The Morgan fingerprint density at radius 2 is 2.21 bits per heavy atom. The highest BCUT2D eigenvalue weighted by atomic mass is 16.4. The Morgan fingerprint density at radius 3 is 2.79 bits per heavy atom. The van der Waals surface area contributed by atoms with E-state index in [2.05, 4.69) is 4.98 Å². The van der Waals surface area contributed by atoms with Gasteiger partial charge in [-0.3, -0.25) is 0 Å². The minimum absolute atomic E-state index is 0.0987. The number of aliphatic hydroxyl groups is 1. The van der Waals surface area contributed by atoms with Gasteiger partial charge in [-0.25, -0.2) is 9.78 Å². The number of aromatic nitrogens is 2. The molecule has 1 aromatic carbocycles. The lowest BCUT2D eigenvalue weighted by Crippen LogP contribution is -2.13. The van der Waals surface area contributed by atoms with E-state index < -0.39 is 5.97 Å². The molecule has 0 aliphatic rings. The molecular weight excluding hydrogens is 244 g/mol. The Kier molecular flexibility index (Phi) is 3.85. The van der Waals surface area contributed by atoms with Crippen LogP contribution in [0, 0.1) is 5.92 Å². The van der Waals surface area contributed by atoms with Crippen LogP contribution in [0.25, 0.3) is 11.0 Å². The number of hydrogen-bond acceptors (Lipinski definition) is 3. The molecule has 2 N–H and O–H groups in total. The number of carboxylic acids is 1. The van der Waals surface area contributed by atoms with E-state index in [1.165, 1.54) is 0 Å². The monoisotopic (exact) mass is 262 g/mol. The Labute approximate surface area is 111 Å². The molecule has 1 heterocycles. The van der Waals surface area contributed by atoms with Crippen molar-refractivity contribution in [2.45, 2.75) is 26.8 Å². The summed E-state index contributed by atoms with van der Waals surface area (Å²) in [6.07, 6.45) is 0.728. The lowest BCUT2D eigenvalue weighted by molar-refractivity contribution is 0.0699. The fraction of sp³-hybridized carbons (Fsp3) is 0.429. The van der Waals surface area contributed by atoms with Crippen LogP contribution in [0.15, 0.2) is 18.2 Å². The summed E-state index contributed by atoms with van der Waals surface area (Å²) in [6, 6.07) is 5.17. The molecule has 0 bridgehead atoms. The van der Waals surface area contributed by atoms with Gasteiger partial charge < -0.3 is 14.8 Å². The third-order valence-corrected chi connectivity index (χ3v) is 3.21. The number of aromatic carboxylic acids is 1. The van der Waals surface area contributed by atoms with Crippen molar-refractivity contribution in [1.82, 2.24) is 9.55 Å². The number of aryl methyl sites for hydroxylation is 1. The topological polar surface area (TPSA) is 75.3 Å². The van der Waals surface area contributed by atoms with Crippen molar-refractivity contribution in [2.24, 2.45) is 5.92 Å². The molecule has 102 valence electrons. The van der Waals surface area contributed by atoms with Gasteiger partial charge in [0.1, 0.15) is 11.3 Å². The molecule has 0 saturated carbocycles. The van der Waals surface area contributed by atoms with Crippen molar-refractivity contribution in [3.8, 4) is 0 Å². The summed E-state index contributed by atoms with van der Waals surface area (Å²) in [5, 5.41) is 18.4. The number of fused-ring (bicyclic) bond motifs is 1. The van der Waals surface area contributed by atoms with Gasteiger partial charge in [-0.1, -0.05) is 19.9 Å². The number of para-hydroxylation sites is 1. The third-order valence-electron chi connectivity index (χ3n) is 3.21. The summed E-state index contributed by atoms with van der Waals surface area (Å²) in [5.41, 5.74) is 1.57. The molecule has 1 unspecified atom stereocenters. The van der Waals surface area contributed by atoms with Gasteiger partial charge in [0.25, 0.3) is 0 Å². The predicted molar refractivity (Wildman–Crippen MR) is 72.3 cm³/mol. The number of nitrogens with zero attached hydrogens (tertiary/aromatic N) is 2. The minimum atomic E-state index is -0.965. The Hall–Kier alpha value is -1.88. The van der Waals surface area contributed by atoms with Gasteiger partial charge in [-0.2, -0.15) is 0 Å². The van der Waals surface area contributed by atoms with Gasteiger partial charge >= 0.3 is 5.97 Å². The summed E-state index contributed by atoms with van der Waals surface area (Å²) < 4.78 is 2.00. The molecule has 0 spiro atoms. The van der Waals surface area contributed by atoms with Crippen molar-refractivity contribution >= 4 is 17.0 Å². The molecule has 1 aromatic heterocycles. The first-order valence-electron chi connectivity index (χ1n) is 6.40. The van der Waals surface area contributed by atoms with Crippen LogP contribution in [0.2, 0.25) is 0 Å². The number of benzene rings is 1. The van der Waals surface area contributed by atoms with Crippen molar-refractivity contribution in [3.05, 3.63) is 29.6 Å². The number of carbonyl (C=O) groups is 1. The largest absolute Gasteiger partial charge is 0.478 e. The number of hydrogen-bond donors (Lipinski definition) is 2. The molecule has 2 aromatic rings. The minimum Gasteiger partial charge on any atom is -0.478 e. The molecule has 5 nitrogen and oxygen atoms in total. The van der Waals surface area contributed by atoms with E-state index in [0.717, 1.165) is 17.8 Å². The maximum atomic E-state index is 11.2. The lowest BCUT2D eigenvalue weighted by Gasteiger charge is -2.12. The fourth-order valence-corrected chi connectivity index (χ4v) is 2.21. The van der Waals surface area contributed by atoms with Crippen LogP contribution in [0.3, 0.4) is 0 Å². The van der Waals surface area contributed by atoms with Crippen LogP contribution < -0.4 is 0 Å². The first kappa shape index (κ1) is 13.5. The van der Waals surface area contributed by atoms with Crippen molar-refractivity contribution in [2.75, 3.05) is 6.61 Å². The summed E-state index contributed by atoms with van der Waals surface area (Å²) >= 11 is 0. The van der Waals surface area contributed by atoms with Crippen molar-refractivity contribution in [3.63, 3.8) is 0 Å². The predicted octanol–water partition coefficient (Wildman–Crippen LogP) is 1.93. The van der Waals surface area contributed by atoms with E-state index in [1.807, 2.05) is 24.5 Å². The molecule has 19 heavy (non-hydrogen) atoms. The van der Waals surface area contributed by atoms with Gasteiger partial charge in [-0.05, 0) is 18.1 Å². The lowest BCUT2D eigenvalue weighted by atomic mass is 10.1. The summed E-state index contributed by atoms with van der Waals surface area (Å²) in [6.45, 7) is 4.68. The van der Waals surface area contributed by atoms with Crippen LogP contribution in [-0.2, 0) is 13.0 Å². The van der Waals surface area contributed by atoms with E-state index in [9.17, 15) is 15.0 Å². The van der Waals surface area contributed by atoms with Crippen LogP contribution in [0.5, 0.6) is 0 Å². The first-order chi connectivity index (χ1) is 9.08. The zero-order valence-electron chi connectivity index (χ0n) is 11.1. The van der Waals surface area contributed by atoms with Crippen LogP contribution >= 0.6 is 0 Å². The Bertz CT molecular complexity index is 604. The third kappa shape index (κ3) is 2.46. The standard InChI is InChI=1S/C14H18N2O3/c1-3-12-15-13-10(14(18)19)5-4-6-11(13)16(12)7-9(2)8-17/h4-6,9,17H,3,7-8H2,1-2H3,(H,18,19). The zero-order chi connectivity index (χ0) is 14.0. The van der Waals surface area contributed by atoms with Crippen LogP contribution in [-0.4, -0.2) is 32.3 Å². The normalized spacial score (nSPS) is 12.8. The maximum Gasteiger partial charge on any atom is 0.337 e. The second kappa shape index (κ2) is 5.40. The highest BCUT2D eigenvalue weighted by Gasteiger charge is 2.17. The van der Waals surface area contributed by atoms with E-state index in [-0.39, 0.29) is 18.1 Å². The van der Waals surface area contributed by atoms with E-state index in [0.29, 0.717) is 12.1 Å². The summed E-state index contributed by atoms with van der Waals surface area (Å²) in [7, 11) is 0. The Morgan fingerprint density at radius 1 is 1.47 bits per heavy atom. The molecule has 0 aliphatic heterocycles. The van der Waals surface area contributed by atoms with Crippen molar-refractivity contribution in [1.29, 1.82) is 0 Å². The van der Waals surface area contributed by atoms with Gasteiger partial charge in [0, 0.05) is 19.6 Å². The van der Waals surface area contributed by atoms with Gasteiger partial charge in [0.05, 0.1) is 11.1 Å². The molecule has 0 radical (unpaired) electrons. The van der Waals surface area contributed by atoms with E-state index in [4.69, 9.17) is 0 Å². The molecule has 0 saturated heterocycles. The smallest absolute Gasteiger partial charge is 0.337 e. The van der Waals surface area contributed by atoms with Crippen LogP contribution in [0.4, 0.5) is 0 Å². The summed E-state index contributed by atoms with van der Waals surface area (Å²) in [5.74, 6) is -0.00621. The van der Waals surface area contributed by atoms with Gasteiger partial charge in [0.15, 0.2) is 0 Å². The highest BCUT2D eigenvalue weighted by Crippen LogP contribution is 2.22. The summed E-state index contributed by atoms with van der Waals surface area (Å²) in [4.78, 5) is 15.7. The molecule has 0 aliphatic carbocycles. The second-order valence-electron chi connectivity index (χ2n) is 4.76. The van der Waals surface area contributed by atoms with Gasteiger partial charge in [0.2, 0.25) is 0 Å². The molecular formula is C14H18N2O3. The Balaban J connectivity index is 2.62. The van der Waals surface area contributed by atoms with Gasteiger partial charge in [-0.15, -0.1) is 0 Å². The highest BCUT2D eigenvalue weighted by molar-refractivity contribution is 6.01. The number of rotatable bonds is 5. The molecule has 0 fully saturated rings. The van der Waals surface area contributed by atoms with Crippen molar-refractivity contribution < 1.29 is 15.0 Å². The van der Waals surface area contributed by atoms with Crippen LogP contribution in [0.1, 0.15) is 30.0 Å². The molecule has 0 amide bonds. The SMILES string of the molecule is CCc1nc2c(C(=O)O)cccc2n1CC(C)CO. The average Bonchev–Trinajstić information content (AvgIpc) is 2.76. The number of carboxylic acid groups (broad SMARTS) is 1. The number of aliphatic hydroxyl groups excluding tert-OH is 1. The fourth-order valence-electron chi connectivity index (χ4n) is 2.21. The van der Waals surface area contributed by atoms with E-state index in [1.54, 1.807) is 12.1 Å². The maximum absolute atomic E-state index is 11.2. The first-order valence-corrected chi connectivity index (χ1v) is 6.40.